The standard InChI is InChI=1S/C10H11N3O/c11-7-1-2-8-9(5-7)13-4-3-12(8)6-10(13)14/h1-2,5H,3-4,6,11H2. The molecule has 0 aliphatic carbocycles. The molecule has 1 aromatic rings. The highest BCUT2D eigenvalue weighted by molar-refractivity contribution is 6.05. The van der Waals surface area contributed by atoms with Gasteiger partial charge >= 0.3 is 0 Å². The minimum absolute atomic E-state index is 0.175. The Balaban J connectivity index is 2.21. The van der Waals surface area contributed by atoms with Gasteiger partial charge in [0.1, 0.15) is 0 Å². The number of fused-ring (bicyclic) bond motifs is 2. The molecule has 0 unspecified atom stereocenters. The average Bonchev–Trinajstić information content (AvgIpc) is 2.17. The van der Waals surface area contributed by atoms with Gasteiger partial charge in [0.25, 0.3) is 0 Å². The molecule has 4 rings (SSSR count). The molecule has 2 N–H and O–H groups in total. The van der Waals surface area contributed by atoms with Crippen molar-refractivity contribution < 1.29 is 4.79 Å². The Hall–Kier alpha value is -1.71. The fraction of sp³-hybridized carbons (Fsp3) is 0.300. The maximum absolute atomic E-state index is 11.6. The lowest BCUT2D eigenvalue weighted by Crippen LogP contribution is -2.55. The third-order valence-electron chi connectivity index (χ3n) is 2.85. The third-order valence-corrected chi connectivity index (χ3v) is 2.85. The Morgan fingerprint density at radius 1 is 1.21 bits per heavy atom. The monoisotopic (exact) mass is 189 g/mol. The zero-order chi connectivity index (χ0) is 9.71. The quantitative estimate of drug-likeness (QED) is 0.602. The van der Waals surface area contributed by atoms with E-state index in [1.165, 1.54) is 0 Å². The van der Waals surface area contributed by atoms with Crippen molar-refractivity contribution in [2.24, 2.45) is 0 Å². The predicted octanol–water partition coefficient (Wildman–Crippen LogP) is 0.435. The van der Waals surface area contributed by atoms with Crippen LogP contribution in [0.3, 0.4) is 0 Å². The highest BCUT2D eigenvalue weighted by Crippen LogP contribution is 2.37. The summed E-state index contributed by atoms with van der Waals surface area (Å²) in [5, 5.41) is 0. The Morgan fingerprint density at radius 3 is 2.86 bits per heavy atom. The summed E-state index contributed by atoms with van der Waals surface area (Å²) in [6, 6.07) is 5.74. The number of nitrogens with two attached hydrogens (primary N) is 1. The van der Waals surface area contributed by atoms with Crippen LogP contribution in [0, 0.1) is 0 Å². The van der Waals surface area contributed by atoms with Gasteiger partial charge in [-0.3, -0.25) is 4.79 Å². The Bertz CT molecular complexity index is 416. The van der Waals surface area contributed by atoms with E-state index in [-0.39, 0.29) is 5.91 Å². The van der Waals surface area contributed by atoms with E-state index in [1.807, 2.05) is 23.1 Å². The Morgan fingerprint density at radius 2 is 2.07 bits per heavy atom. The largest absolute Gasteiger partial charge is 0.399 e. The summed E-state index contributed by atoms with van der Waals surface area (Å²) in [6.45, 7) is 2.23. The van der Waals surface area contributed by atoms with Crippen LogP contribution >= 0.6 is 0 Å². The molecule has 2 bridgehead atoms. The summed E-state index contributed by atoms with van der Waals surface area (Å²) in [4.78, 5) is 15.5. The molecule has 3 heterocycles. The van der Waals surface area contributed by atoms with Crippen LogP contribution in [0.5, 0.6) is 0 Å². The van der Waals surface area contributed by atoms with Gasteiger partial charge in [-0.1, -0.05) is 0 Å². The molecule has 72 valence electrons. The number of benzene rings is 1. The molecule has 0 spiro atoms. The summed E-state index contributed by atoms with van der Waals surface area (Å²) < 4.78 is 0. The normalized spacial score (nSPS) is 18.7. The van der Waals surface area contributed by atoms with E-state index in [9.17, 15) is 4.79 Å². The van der Waals surface area contributed by atoms with Crippen molar-refractivity contribution in [3.8, 4) is 0 Å². The van der Waals surface area contributed by atoms with Crippen LogP contribution in [0.1, 0.15) is 0 Å². The number of nitrogen functional groups attached to an aromatic ring is 1. The van der Waals surface area contributed by atoms with Crippen LogP contribution in [0.4, 0.5) is 17.1 Å². The summed E-state index contributed by atoms with van der Waals surface area (Å²) in [5.41, 5.74) is 8.51. The second kappa shape index (κ2) is 2.41. The van der Waals surface area contributed by atoms with Gasteiger partial charge < -0.3 is 15.5 Å². The van der Waals surface area contributed by atoms with Crippen molar-refractivity contribution in [2.45, 2.75) is 0 Å². The van der Waals surface area contributed by atoms with Crippen LogP contribution in [-0.4, -0.2) is 25.5 Å². The average molecular weight is 189 g/mol. The number of piperazine rings is 1. The Labute approximate surface area is 81.9 Å². The molecular formula is C10H11N3O. The summed E-state index contributed by atoms with van der Waals surface area (Å²) in [7, 11) is 0. The lowest BCUT2D eigenvalue weighted by molar-refractivity contribution is -0.118. The number of hydrogen-bond acceptors (Lipinski definition) is 3. The zero-order valence-corrected chi connectivity index (χ0v) is 7.73. The molecule has 1 saturated heterocycles. The van der Waals surface area contributed by atoms with Crippen molar-refractivity contribution in [3.05, 3.63) is 18.2 Å². The number of rotatable bonds is 0. The van der Waals surface area contributed by atoms with E-state index in [2.05, 4.69) is 4.90 Å². The van der Waals surface area contributed by atoms with Crippen molar-refractivity contribution in [3.63, 3.8) is 0 Å². The lowest BCUT2D eigenvalue weighted by Gasteiger charge is -2.43. The minimum atomic E-state index is 0.175. The molecule has 3 aliphatic rings. The molecule has 0 atom stereocenters. The van der Waals surface area contributed by atoms with Crippen molar-refractivity contribution in [1.82, 2.24) is 0 Å². The van der Waals surface area contributed by atoms with Crippen molar-refractivity contribution >= 4 is 23.0 Å². The van der Waals surface area contributed by atoms with E-state index < -0.39 is 0 Å². The summed E-state index contributed by atoms with van der Waals surface area (Å²) >= 11 is 0. The maximum atomic E-state index is 11.6. The van der Waals surface area contributed by atoms with Gasteiger partial charge in [0.05, 0.1) is 17.9 Å². The molecule has 3 aliphatic heterocycles. The van der Waals surface area contributed by atoms with E-state index in [1.54, 1.807) is 0 Å². The van der Waals surface area contributed by atoms with Gasteiger partial charge in [-0.15, -0.1) is 0 Å². The molecule has 1 amide bonds. The van der Waals surface area contributed by atoms with E-state index in [0.29, 0.717) is 12.2 Å². The van der Waals surface area contributed by atoms with Crippen molar-refractivity contribution in [1.29, 1.82) is 0 Å². The fourth-order valence-electron chi connectivity index (χ4n) is 2.16. The number of nitrogens with zero attached hydrogens (tertiary/aromatic N) is 2. The first-order valence-electron chi connectivity index (χ1n) is 4.70. The molecule has 0 aromatic heterocycles. The van der Waals surface area contributed by atoms with Crippen LogP contribution in [0.25, 0.3) is 0 Å². The molecule has 1 aromatic carbocycles. The van der Waals surface area contributed by atoms with Gasteiger partial charge in [-0.25, -0.2) is 0 Å². The second-order valence-corrected chi connectivity index (χ2v) is 3.72. The maximum Gasteiger partial charge on any atom is 0.246 e. The molecule has 1 fully saturated rings. The summed E-state index contributed by atoms with van der Waals surface area (Å²) in [5.74, 6) is 0.175. The van der Waals surface area contributed by atoms with E-state index >= 15 is 0 Å². The number of anilines is 3. The minimum Gasteiger partial charge on any atom is -0.399 e. The molecular weight excluding hydrogens is 178 g/mol. The van der Waals surface area contributed by atoms with Gasteiger partial charge in [0, 0.05) is 18.8 Å². The molecule has 4 nitrogen and oxygen atoms in total. The smallest absolute Gasteiger partial charge is 0.246 e. The van der Waals surface area contributed by atoms with E-state index in [0.717, 1.165) is 24.5 Å². The van der Waals surface area contributed by atoms with Gasteiger partial charge in [-0.2, -0.15) is 0 Å². The van der Waals surface area contributed by atoms with E-state index in [4.69, 9.17) is 5.73 Å². The number of hydrogen-bond donors (Lipinski definition) is 1. The number of carbonyl (C=O) groups excluding carboxylic acids is 1. The van der Waals surface area contributed by atoms with Crippen molar-refractivity contribution in [2.75, 3.05) is 35.2 Å². The fourth-order valence-corrected chi connectivity index (χ4v) is 2.16. The Kier molecular flexibility index (Phi) is 1.32. The number of carbonyl (C=O) groups is 1. The number of amides is 1. The van der Waals surface area contributed by atoms with Gasteiger partial charge in [-0.05, 0) is 18.2 Å². The predicted molar refractivity (Wildman–Crippen MR) is 55.4 cm³/mol. The SMILES string of the molecule is Nc1ccc2c(c1)N1CCN2CC1=O. The zero-order valence-electron chi connectivity index (χ0n) is 7.73. The molecule has 0 saturated carbocycles. The van der Waals surface area contributed by atoms with Crippen LogP contribution in [0.2, 0.25) is 0 Å². The lowest BCUT2D eigenvalue weighted by atomic mass is 10.1. The molecule has 4 heteroatoms. The first-order chi connectivity index (χ1) is 6.75. The third kappa shape index (κ3) is 0.852. The highest BCUT2D eigenvalue weighted by Gasteiger charge is 2.33. The van der Waals surface area contributed by atoms with Gasteiger partial charge in [0.15, 0.2) is 0 Å². The van der Waals surface area contributed by atoms with Gasteiger partial charge in [0.2, 0.25) is 5.91 Å². The topological polar surface area (TPSA) is 49.6 Å². The van der Waals surface area contributed by atoms with Crippen LogP contribution in [0.15, 0.2) is 18.2 Å². The molecule has 14 heavy (non-hydrogen) atoms. The molecule has 0 radical (unpaired) electrons. The first-order valence-corrected chi connectivity index (χ1v) is 4.70. The van der Waals surface area contributed by atoms with Crippen LogP contribution < -0.4 is 15.5 Å². The summed E-state index contributed by atoms with van der Waals surface area (Å²) in [6.07, 6.45) is 0. The van der Waals surface area contributed by atoms with Crippen LogP contribution in [-0.2, 0) is 4.79 Å². The second-order valence-electron chi connectivity index (χ2n) is 3.72. The highest BCUT2D eigenvalue weighted by atomic mass is 16.2. The first kappa shape index (κ1) is 7.67.